The molecule has 0 atom stereocenters. The van der Waals surface area contributed by atoms with Crippen LogP contribution in [0.15, 0.2) is 46.9 Å². The summed E-state index contributed by atoms with van der Waals surface area (Å²) in [6.45, 7) is 0.0179. The van der Waals surface area contributed by atoms with E-state index in [-0.39, 0.29) is 12.4 Å². The number of rotatable bonds is 4. The molecule has 0 spiro atoms. The number of aliphatic hydroxyl groups is 1. The fourth-order valence-corrected chi connectivity index (χ4v) is 2.14. The van der Waals surface area contributed by atoms with Crippen molar-refractivity contribution in [3.63, 3.8) is 0 Å². The summed E-state index contributed by atoms with van der Waals surface area (Å²) in [4.78, 5) is 0. The number of halogens is 4. The number of hydrogen-bond acceptors (Lipinski definition) is 2. The molecule has 0 fully saturated rings. The van der Waals surface area contributed by atoms with Crippen molar-refractivity contribution in [1.29, 1.82) is 0 Å². The molecule has 0 aromatic heterocycles. The van der Waals surface area contributed by atoms with Crippen molar-refractivity contribution in [2.45, 2.75) is 12.6 Å². The van der Waals surface area contributed by atoms with Gasteiger partial charge in [-0.2, -0.15) is 13.2 Å². The van der Waals surface area contributed by atoms with Gasteiger partial charge in [0, 0.05) is 11.1 Å². The maximum atomic E-state index is 12.9. The minimum absolute atomic E-state index is 0.0179. The lowest BCUT2D eigenvalue weighted by Gasteiger charge is -2.14. The fraction of sp³-hybridized carbons (Fsp3) is 0.200. The Morgan fingerprint density at radius 2 is 1.71 bits per heavy atom. The standard InChI is InChI=1S/C15H12BrF3O2/c16-11-3-6-13(15(17,18)19)14(9-11)21-12-4-1-10(2-5-12)7-8-20/h1-6,9,20H,7-8H2. The lowest BCUT2D eigenvalue weighted by atomic mass is 10.1. The fourth-order valence-electron chi connectivity index (χ4n) is 1.80. The largest absolute Gasteiger partial charge is 0.457 e. The molecule has 0 heterocycles. The second-order valence-corrected chi connectivity index (χ2v) is 5.27. The van der Waals surface area contributed by atoms with Crippen LogP contribution in [0, 0.1) is 0 Å². The maximum absolute atomic E-state index is 12.9. The van der Waals surface area contributed by atoms with Crippen LogP contribution in [0.5, 0.6) is 11.5 Å². The van der Waals surface area contributed by atoms with Gasteiger partial charge in [-0.3, -0.25) is 0 Å². The quantitative estimate of drug-likeness (QED) is 0.848. The van der Waals surface area contributed by atoms with Gasteiger partial charge in [-0.25, -0.2) is 0 Å². The van der Waals surface area contributed by atoms with Crippen molar-refractivity contribution in [2.24, 2.45) is 0 Å². The molecule has 1 N–H and O–H groups in total. The van der Waals surface area contributed by atoms with Gasteiger partial charge in [0.15, 0.2) is 0 Å². The second-order valence-electron chi connectivity index (χ2n) is 4.36. The second kappa shape index (κ2) is 6.49. The number of alkyl halides is 3. The molecule has 0 bridgehead atoms. The molecule has 0 aliphatic carbocycles. The van der Waals surface area contributed by atoms with E-state index in [1.54, 1.807) is 24.3 Å². The van der Waals surface area contributed by atoms with Crippen LogP contribution in [-0.4, -0.2) is 11.7 Å². The zero-order chi connectivity index (χ0) is 15.5. The first-order valence-corrected chi connectivity index (χ1v) is 6.94. The summed E-state index contributed by atoms with van der Waals surface area (Å²) in [5.74, 6) is 0.0482. The molecule has 0 saturated heterocycles. The summed E-state index contributed by atoms with van der Waals surface area (Å²) in [6, 6.07) is 10.1. The Morgan fingerprint density at radius 1 is 1.05 bits per heavy atom. The smallest absolute Gasteiger partial charge is 0.419 e. The van der Waals surface area contributed by atoms with Crippen LogP contribution in [0.1, 0.15) is 11.1 Å². The van der Waals surface area contributed by atoms with Gasteiger partial charge in [0.2, 0.25) is 0 Å². The first kappa shape index (κ1) is 15.9. The lowest BCUT2D eigenvalue weighted by Crippen LogP contribution is -2.07. The topological polar surface area (TPSA) is 29.5 Å². The molecule has 2 aromatic rings. The van der Waals surface area contributed by atoms with Gasteiger partial charge < -0.3 is 9.84 Å². The summed E-state index contributed by atoms with van der Waals surface area (Å²) in [5, 5.41) is 8.82. The summed E-state index contributed by atoms with van der Waals surface area (Å²) in [6.07, 6.45) is -3.99. The molecular weight excluding hydrogens is 349 g/mol. The number of aliphatic hydroxyl groups excluding tert-OH is 1. The molecule has 21 heavy (non-hydrogen) atoms. The van der Waals surface area contributed by atoms with E-state index in [2.05, 4.69) is 15.9 Å². The highest BCUT2D eigenvalue weighted by Crippen LogP contribution is 2.39. The highest BCUT2D eigenvalue weighted by atomic mass is 79.9. The first-order chi connectivity index (χ1) is 9.90. The van der Waals surface area contributed by atoms with E-state index >= 15 is 0 Å². The first-order valence-electron chi connectivity index (χ1n) is 6.14. The molecule has 0 unspecified atom stereocenters. The van der Waals surface area contributed by atoms with Crippen molar-refractivity contribution in [2.75, 3.05) is 6.61 Å². The van der Waals surface area contributed by atoms with E-state index in [1.165, 1.54) is 12.1 Å². The average Bonchev–Trinajstić information content (AvgIpc) is 2.40. The van der Waals surface area contributed by atoms with Crippen molar-refractivity contribution >= 4 is 15.9 Å². The number of ether oxygens (including phenoxy) is 1. The lowest BCUT2D eigenvalue weighted by molar-refractivity contribution is -0.138. The maximum Gasteiger partial charge on any atom is 0.419 e. The van der Waals surface area contributed by atoms with Gasteiger partial charge in [0.1, 0.15) is 11.5 Å². The van der Waals surface area contributed by atoms with Crippen molar-refractivity contribution in [1.82, 2.24) is 0 Å². The van der Waals surface area contributed by atoms with Crippen LogP contribution in [0.3, 0.4) is 0 Å². The molecule has 0 aliphatic heterocycles. The molecule has 112 valence electrons. The Morgan fingerprint density at radius 3 is 2.29 bits per heavy atom. The van der Waals surface area contributed by atoms with Crippen molar-refractivity contribution in [3.05, 3.63) is 58.1 Å². The minimum Gasteiger partial charge on any atom is -0.457 e. The summed E-state index contributed by atoms with van der Waals surface area (Å²) < 4.78 is 44.6. The van der Waals surface area contributed by atoms with Gasteiger partial charge in [-0.1, -0.05) is 28.1 Å². The summed E-state index contributed by atoms with van der Waals surface area (Å²) >= 11 is 3.13. The Bertz CT molecular complexity index is 609. The molecule has 2 aromatic carbocycles. The van der Waals surface area contributed by atoms with Crippen LogP contribution >= 0.6 is 15.9 Å². The van der Waals surface area contributed by atoms with E-state index in [0.29, 0.717) is 16.6 Å². The predicted molar refractivity (Wildman–Crippen MR) is 76.4 cm³/mol. The molecule has 0 aliphatic rings. The van der Waals surface area contributed by atoms with Crippen LogP contribution < -0.4 is 4.74 Å². The van der Waals surface area contributed by atoms with E-state index in [1.807, 2.05) is 0 Å². The Hall–Kier alpha value is -1.53. The van der Waals surface area contributed by atoms with Crippen LogP contribution in [-0.2, 0) is 12.6 Å². The highest BCUT2D eigenvalue weighted by molar-refractivity contribution is 9.10. The molecular formula is C15H12BrF3O2. The molecule has 0 amide bonds. The Labute approximate surface area is 128 Å². The van der Waals surface area contributed by atoms with Gasteiger partial charge in [0.25, 0.3) is 0 Å². The molecule has 2 rings (SSSR count). The summed E-state index contributed by atoms with van der Waals surface area (Å²) in [5.41, 5.74) is 0.0558. The molecule has 2 nitrogen and oxygen atoms in total. The van der Waals surface area contributed by atoms with E-state index in [4.69, 9.17) is 9.84 Å². The third-order valence-electron chi connectivity index (χ3n) is 2.80. The van der Waals surface area contributed by atoms with Crippen LogP contribution in [0.4, 0.5) is 13.2 Å². The van der Waals surface area contributed by atoms with E-state index < -0.39 is 11.7 Å². The van der Waals surface area contributed by atoms with Crippen molar-refractivity contribution < 1.29 is 23.0 Å². The SMILES string of the molecule is OCCc1ccc(Oc2cc(Br)ccc2C(F)(F)F)cc1. The number of benzene rings is 2. The average molecular weight is 361 g/mol. The molecule has 6 heteroatoms. The molecule has 0 saturated carbocycles. The van der Waals surface area contributed by atoms with E-state index in [9.17, 15) is 13.2 Å². The van der Waals surface area contributed by atoms with Gasteiger partial charge in [-0.05, 0) is 42.3 Å². The Kier molecular flexibility index (Phi) is 4.90. The zero-order valence-corrected chi connectivity index (χ0v) is 12.4. The minimum atomic E-state index is -4.48. The van der Waals surface area contributed by atoms with Gasteiger partial charge >= 0.3 is 6.18 Å². The van der Waals surface area contributed by atoms with E-state index in [0.717, 1.165) is 11.6 Å². The van der Waals surface area contributed by atoms with Crippen molar-refractivity contribution in [3.8, 4) is 11.5 Å². The monoisotopic (exact) mass is 360 g/mol. The third kappa shape index (κ3) is 4.22. The zero-order valence-electron chi connectivity index (χ0n) is 10.8. The number of hydrogen-bond donors (Lipinski definition) is 1. The normalized spacial score (nSPS) is 11.5. The van der Waals surface area contributed by atoms with Crippen LogP contribution in [0.2, 0.25) is 0 Å². The third-order valence-corrected chi connectivity index (χ3v) is 3.29. The predicted octanol–water partition coefficient (Wildman–Crippen LogP) is 4.80. The highest BCUT2D eigenvalue weighted by Gasteiger charge is 2.34. The summed E-state index contributed by atoms with van der Waals surface area (Å²) in [7, 11) is 0. The molecule has 0 radical (unpaired) electrons. The van der Waals surface area contributed by atoms with Gasteiger partial charge in [0.05, 0.1) is 5.56 Å². The van der Waals surface area contributed by atoms with Gasteiger partial charge in [-0.15, -0.1) is 0 Å². The van der Waals surface area contributed by atoms with Crippen LogP contribution in [0.25, 0.3) is 0 Å². The Balaban J connectivity index is 2.28.